The number of amides is 1. The summed E-state index contributed by atoms with van der Waals surface area (Å²) in [6, 6.07) is -0.168. The van der Waals surface area contributed by atoms with Crippen LogP contribution >= 0.6 is 0 Å². The molecule has 1 amide bonds. The van der Waals surface area contributed by atoms with E-state index in [2.05, 4.69) is 10.2 Å². The summed E-state index contributed by atoms with van der Waals surface area (Å²) < 4.78 is 5.01. The zero-order chi connectivity index (χ0) is 11.3. The van der Waals surface area contributed by atoms with Crippen LogP contribution in [0.3, 0.4) is 0 Å². The monoisotopic (exact) mass is 215 g/mol. The molecule has 15 heavy (non-hydrogen) atoms. The van der Waals surface area contributed by atoms with Gasteiger partial charge in [0.2, 0.25) is 5.91 Å². The second kappa shape index (κ2) is 6.05. The van der Waals surface area contributed by atoms with E-state index in [4.69, 9.17) is 10.5 Å². The number of methoxy groups -OCH3 is 1. The van der Waals surface area contributed by atoms with Gasteiger partial charge in [0.25, 0.3) is 0 Å². The Kier molecular flexibility index (Phi) is 5.01. The van der Waals surface area contributed by atoms with Crippen LogP contribution in [0.15, 0.2) is 0 Å². The molecule has 0 saturated carbocycles. The van der Waals surface area contributed by atoms with Crippen LogP contribution < -0.4 is 11.1 Å². The van der Waals surface area contributed by atoms with Crippen LogP contribution in [-0.2, 0) is 9.53 Å². The summed E-state index contributed by atoms with van der Waals surface area (Å²) in [4.78, 5) is 13.6. The Morgan fingerprint density at radius 2 is 2.47 bits per heavy atom. The second-order valence-corrected chi connectivity index (χ2v) is 4.08. The van der Waals surface area contributed by atoms with Gasteiger partial charge in [-0.05, 0) is 13.3 Å². The van der Waals surface area contributed by atoms with E-state index in [1.165, 1.54) is 0 Å². The molecule has 0 aromatic rings. The molecule has 0 aliphatic carbocycles. The number of carbonyl (C=O) groups is 1. The van der Waals surface area contributed by atoms with Crippen molar-refractivity contribution < 1.29 is 9.53 Å². The van der Waals surface area contributed by atoms with Gasteiger partial charge in [-0.25, -0.2) is 0 Å². The smallest absolute Gasteiger partial charge is 0.236 e. The molecule has 0 spiro atoms. The summed E-state index contributed by atoms with van der Waals surface area (Å²) in [7, 11) is 1.70. The van der Waals surface area contributed by atoms with Crippen LogP contribution in [0.25, 0.3) is 0 Å². The maximum Gasteiger partial charge on any atom is 0.236 e. The van der Waals surface area contributed by atoms with Crippen LogP contribution in [0.5, 0.6) is 0 Å². The Bertz CT molecular complexity index is 209. The van der Waals surface area contributed by atoms with E-state index in [9.17, 15) is 4.79 Å². The van der Waals surface area contributed by atoms with Crippen LogP contribution in [0.2, 0.25) is 0 Å². The van der Waals surface area contributed by atoms with Gasteiger partial charge < -0.3 is 15.8 Å². The first-order valence-electron chi connectivity index (χ1n) is 5.40. The van der Waals surface area contributed by atoms with Gasteiger partial charge in [-0.3, -0.25) is 9.69 Å². The molecule has 0 aromatic heterocycles. The highest BCUT2D eigenvalue weighted by atomic mass is 16.5. The lowest BCUT2D eigenvalue weighted by Gasteiger charge is -2.16. The summed E-state index contributed by atoms with van der Waals surface area (Å²) >= 11 is 0. The van der Waals surface area contributed by atoms with Gasteiger partial charge in [0, 0.05) is 32.8 Å². The highest BCUT2D eigenvalue weighted by Gasteiger charge is 2.24. The zero-order valence-corrected chi connectivity index (χ0v) is 9.53. The molecule has 1 rings (SSSR count). The lowest BCUT2D eigenvalue weighted by atomic mass is 10.2. The standard InChI is InChI=1S/C10H21N3O2/c1-8(11)10(14)12-9-3-4-13(7-9)5-6-15-2/h8-9H,3-7,11H2,1-2H3,(H,12,14). The zero-order valence-electron chi connectivity index (χ0n) is 9.53. The maximum atomic E-state index is 11.3. The van der Waals surface area contributed by atoms with Gasteiger partial charge in [-0.2, -0.15) is 0 Å². The van der Waals surface area contributed by atoms with Gasteiger partial charge in [0.05, 0.1) is 12.6 Å². The molecule has 1 aliphatic rings. The van der Waals surface area contributed by atoms with Gasteiger partial charge in [-0.15, -0.1) is 0 Å². The Hall–Kier alpha value is -0.650. The van der Waals surface area contributed by atoms with Gasteiger partial charge in [0.15, 0.2) is 0 Å². The first-order chi connectivity index (χ1) is 7.13. The summed E-state index contributed by atoms with van der Waals surface area (Å²) in [5.41, 5.74) is 5.48. The van der Waals surface area contributed by atoms with Crippen LogP contribution in [0, 0.1) is 0 Å². The average molecular weight is 215 g/mol. The molecular formula is C10H21N3O2. The quantitative estimate of drug-likeness (QED) is 0.628. The van der Waals surface area contributed by atoms with E-state index >= 15 is 0 Å². The highest BCUT2D eigenvalue weighted by Crippen LogP contribution is 2.08. The molecule has 5 nitrogen and oxygen atoms in total. The largest absolute Gasteiger partial charge is 0.383 e. The third-order valence-electron chi connectivity index (χ3n) is 2.64. The van der Waals surface area contributed by atoms with Crippen LogP contribution in [0.1, 0.15) is 13.3 Å². The molecule has 1 heterocycles. The van der Waals surface area contributed by atoms with E-state index in [0.717, 1.165) is 32.7 Å². The maximum absolute atomic E-state index is 11.3. The fourth-order valence-corrected chi connectivity index (χ4v) is 1.71. The van der Waals surface area contributed by atoms with Crippen molar-refractivity contribution in [3.8, 4) is 0 Å². The molecule has 5 heteroatoms. The normalized spacial score (nSPS) is 24.1. The van der Waals surface area contributed by atoms with E-state index < -0.39 is 6.04 Å². The van der Waals surface area contributed by atoms with Crippen LogP contribution in [0.4, 0.5) is 0 Å². The number of hydrogen-bond donors (Lipinski definition) is 2. The SMILES string of the molecule is COCCN1CCC(NC(=O)C(C)N)C1. The topological polar surface area (TPSA) is 67.6 Å². The molecule has 0 bridgehead atoms. The Morgan fingerprint density at radius 3 is 3.07 bits per heavy atom. The van der Waals surface area contributed by atoms with Crippen molar-refractivity contribution in [2.24, 2.45) is 5.73 Å². The minimum absolute atomic E-state index is 0.0615. The minimum atomic E-state index is -0.418. The van der Waals surface area contributed by atoms with Crippen molar-refractivity contribution in [1.82, 2.24) is 10.2 Å². The van der Waals surface area contributed by atoms with Crippen LogP contribution in [-0.4, -0.2) is 56.2 Å². The van der Waals surface area contributed by atoms with Crippen molar-refractivity contribution in [2.45, 2.75) is 25.4 Å². The van der Waals surface area contributed by atoms with E-state index in [1.54, 1.807) is 14.0 Å². The number of nitrogens with zero attached hydrogens (tertiary/aromatic N) is 1. The molecule has 1 aliphatic heterocycles. The Balaban J connectivity index is 2.21. The molecule has 3 N–H and O–H groups in total. The fourth-order valence-electron chi connectivity index (χ4n) is 1.71. The van der Waals surface area contributed by atoms with Gasteiger partial charge in [0.1, 0.15) is 0 Å². The lowest BCUT2D eigenvalue weighted by Crippen LogP contribution is -2.45. The van der Waals surface area contributed by atoms with Gasteiger partial charge >= 0.3 is 0 Å². The second-order valence-electron chi connectivity index (χ2n) is 4.08. The Morgan fingerprint density at radius 1 is 1.73 bits per heavy atom. The van der Waals surface area contributed by atoms with Crippen molar-refractivity contribution in [3.05, 3.63) is 0 Å². The van der Waals surface area contributed by atoms with E-state index in [0.29, 0.717) is 0 Å². The highest BCUT2D eigenvalue weighted by molar-refractivity contribution is 5.81. The van der Waals surface area contributed by atoms with Crippen molar-refractivity contribution in [1.29, 1.82) is 0 Å². The fraction of sp³-hybridized carbons (Fsp3) is 0.900. The summed E-state index contributed by atoms with van der Waals surface area (Å²) in [6.07, 6.45) is 1.00. The number of hydrogen-bond acceptors (Lipinski definition) is 4. The number of ether oxygens (including phenoxy) is 1. The third-order valence-corrected chi connectivity index (χ3v) is 2.64. The molecule has 0 radical (unpaired) electrons. The Labute approximate surface area is 90.9 Å². The number of carbonyl (C=O) groups excluding carboxylic acids is 1. The van der Waals surface area contributed by atoms with Crippen molar-refractivity contribution in [2.75, 3.05) is 33.4 Å². The van der Waals surface area contributed by atoms with Crippen molar-refractivity contribution in [3.63, 3.8) is 0 Å². The predicted molar refractivity (Wildman–Crippen MR) is 58.5 cm³/mol. The summed E-state index contributed by atoms with van der Waals surface area (Å²) in [5.74, 6) is -0.0615. The first-order valence-corrected chi connectivity index (χ1v) is 5.40. The number of rotatable bonds is 5. The third kappa shape index (κ3) is 4.15. The van der Waals surface area contributed by atoms with Crippen molar-refractivity contribution >= 4 is 5.91 Å². The minimum Gasteiger partial charge on any atom is -0.383 e. The van der Waals surface area contributed by atoms with E-state index in [-0.39, 0.29) is 11.9 Å². The molecule has 1 saturated heterocycles. The molecule has 2 unspecified atom stereocenters. The average Bonchev–Trinajstić information content (AvgIpc) is 2.62. The van der Waals surface area contributed by atoms with Gasteiger partial charge in [-0.1, -0.05) is 0 Å². The number of nitrogens with two attached hydrogens (primary N) is 1. The molecule has 2 atom stereocenters. The molecule has 1 fully saturated rings. The summed E-state index contributed by atoms with van der Waals surface area (Å²) in [5, 5.41) is 2.94. The van der Waals surface area contributed by atoms with E-state index in [1.807, 2.05) is 0 Å². The molecular weight excluding hydrogens is 194 g/mol. The molecule has 88 valence electrons. The predicted octanol–water partition coefficient (Wildman–Crippen LogP) is -0.829. The lowest BCUT2D eigenvalue weighted by molar-refractivity contribution is -0.122. The summed E-state index contributed by atoms with van der Waals surface area (Å²) in [6.45, 7) is 5.30. The molecule has 0 aromatic carbocycles. The first kappa shape index (κ1) is 12.4. The number of nitrogens with one attached hydrogen (secondary N) is 1. The number of likely N-dealkylation sites (tertiary alicyclic amines) is 1.